The number of amides is 1. The van der Waals surface area contributed by atoms with E-state index >= 15 is 0 Å². The highest BCUT2D eigenvalue weighted by atomic mass is 32.1. The molecule has 2 heterocycles. The predicted octanol–water partition coefficient (Wildman–Crippen LogP) is 3.56. The van der Waals surface area contributed by atoms with Crippen molar-refractivity contribution in [2.24, 2.45) is 0 Å². The molecule has 0 aliphatic heterocycles. The van der Waals surface area contributed by atoms with E-state index in [9.17, 15) is 4.79 Å². The Labute approximate surface area is 160 Å². The topological polar surface area (TPSA) is 94.6 Å². The third kappa shape index (κ3) is 4.26. The number of carbonyl (C=O) groups excluding carboxylic acids is 1. The van der Waals surface area contributed by atoms with Crippen LogP contribution in [0.1, 0.15) is 10.5 Å². The van der Waals surface area contributed by atoms with Crippen molar-refractivity contribution in [1.29, 1.82) is 0 Å². The Kier molecular flexibility index (Phi) is 5.72. The van der Waals surface area contributed by atoms with Gasteiger partial charge in [0.15, 0.2) is 16.6 Å². The zero-order chi connectivity index (χ0) is 19.2. The van der Waals surface area contributed by atoms with E-state index in [1.807, 2.05) is 18.2 Å². The molecule has 3 rings (SSSR count). The summed E-state index contributed by atoms with van der Waals surface area (Å²) in [6.07, 6.45) is 1.67. The van der Waals surface area contributed by atoms with Crippen molar-refractivity contribution in [3.63, 3.8) is 0 Å². The minimum absolute atomic E-state index is 0.284. The lowest BCUT2D eigenvalue weighted by Gasteiger charge is -2.14. The lowest BCUT2D eigenvalue weighted by Crippen LogP contribution is -2.12. The van der Waals surface area contributed by atoms with Gasteiger partial charge in [0.05, 0.1) is 21.3 Å². The van der Waals surface area contributed by atoms with Crippen LogP contribution in [0.25, 0.3) is 0 Å². The Bertz CT molecular complexity index is 905. The number of hydrogen-bond donors (Lipinski definition) is 2. The molecule has 0 spiro atoms. The molecule has 0 saturated carbocycles. The van der Waals surface area contributed by atoms with Gasteiger partial charge in [0, 0.05) is 29.4 Å². The summed E-state index contributed by atoms with van der Waals surface area (Å²) in [6.45, 7) is 0. The lowest BCUT2D eigenvalue weighted by atomic mass is 10.2. The molecule has 2 N–H and O–H groups in total. The number of ether oxygens (including phenoxy) is 3. The van der Waals surface area contributed by atoms with E-state index in [1.54, 1.807) is 23.7 Å². The highest BCUT2D eigenvalue weighted by Crippen LogP contribution is 2.40. The Morgan fingerprint density at radius 2 is 1.81 bits per heavy atom. The second-order valence-electron chi connectivity index (χ2n) is 5.25. The third-order valence-electron chi connectivity index (χ3n) is 3.56. The maximum atomic E-state index is 12.5. The molecule has 27 heavy (non-hydrogen) atoms. The van der Waals surface area contributed by atoms with Crippen LogP contribution in [0, 0.1) is 0 Å². The SMILES string of the molecule is COc1cc(NC(=O)c2csc(Nc3ccccn3)n2)cc(OC)c1OC. The molecule has 0 unspecified atom stereocenters. The average Bonchev–Trinajstić information content (AvgIpc) is 3.16. The molecular weight excluding hydrogens is 368 g/mol. The number of methoxy groups -OCH3 is 3. The number of hydrogen-bond acceptors (Lipinski definition) is 8. The highest BCUT2D eigenvalue weighted by Gasteiger charge is 2.16. The van der Waals surface area contributed by atoms with Gasteiger partial charge < -0.3 is 24.8 Å². The maximum absolute atomic E-state index is 12.5. The summed E-state index contributed by atoms with van der Waals surface area (Å²) < 4.78 is 15.9. The van der Waals surface area contributed by atoms with E-state index in [-0.39, 0.29) is 11.6 Å². The number of thiazole rings is 1. The minimum atomic E-state index is -0.352. The van der Waals surface area contributed by atoms with Crippen LogP contribution in [0.3, 0.4) is 0 Å². The third-order valence-corrected chi connectivity index (χ3v) is 4.32. The predicted molar refractivity (Wildman–Crippen MR) is 104 cm³/mol. The van der Waals surface area contributed by atoms with Crippen LogP contribution in [0.5, 0.6) is 17.2 Å². The van der Waals surface area contributed by atoms with Crippen LogP contribution < -0.4 is 24.8 Å². The number of pyridine rings is 1. The molecule has 0 saturated heterocycles. The zero-order valence-electron chi connectivity index (χ0n) is 15.0. The van der Waals surface area contributed by atoms with Gasteiger partial charge >= 0.3 is 0 Å². The Hall–Kier alpha value is -3.33. The van der Waals surface area contributed by atoms with Gasteiger partial charge in [-0.3, -0.25) is 4.79 Å². The van der Waals surface area contributed by atoms with Crippen LogP contribution in [0.15, 0.2) is 41.9 Å². The van der Waals surface area contributed by atoms with E-state index in [0.29, 0.717) is 33.9 Å². The second-order valence-corrected chi connectivity index (χ2v) is 6.10. The van der Waals surface area contributed by atoms with E-state index in [4.69, 9.17) is 14.2 Å². The van der Waals surface area contributed by atoms with E-state index in [2.05, 4.69) is 20.6 Å². The number of nitrogens with zero attached hydrogens (tertiary/aromatic N) is 2. The average molecular weight is 386 g/mol. The molecular formula is C18H18N4O4S. The summed E-state index contributed by atoms with van der Waals surface area (Å²) in [6, 6.07) is 8.80. The number of aromatic nitrogens is 2. The minimum Gasteiger partial charge on any atom is -0.493 e. The maximum Gasteiger partial charge on any atom is 0.275 e. The monoisotopic (exact) mass is 386 g/mol. The molecule has 1 aromatic carbocycles. The highest BCUT2D eigenvalue weighted by molar-refractivity contribution is 7.14. The van der Waals surface area contributed by atoms with Crippen molar-refractivity contribution in [2.45, 2.75) is 0 Å². The number of nitrogens with one attached hydrogen (secondary N) is 2. The van der Waals surface area contributed by atoms with Gasteiger partial charge in [-0.15, -0.1) is 11.3 Å². The fraction of sp³-hybridized carbons (Fsp3) is 0.167. The van der Waals surface area contributed by atoms with Crippen LogP contribution in [0.2, 0.25) is 0 Å². The van der Waals surface area contributed by atoms with Crippen molar-refractivity contribution < 1.29 is 19.0 Å². The summed E-state index contributed by atoms with van der Waals surface area (Å²) >= 11 is 1.31. The summed E-state index contributed by atoms with van der Waals surface area (Å²) in [5.41, 5.74) is 0.786. The normalized spacial score (nSPS) is 10.2. The largest absolute Gasteiger partial charge is 0.493 e. The first-order valence-electron chi connectivity index (χ1n) is 7.89. The molecule has 2 aromatic heterocycles. The fourth-order valence-corrected chi connectivity index (χ4v) is 3.03. The zero-order valence-corrected chi connectivity index (χ0v) is 15.8. The first-order chi connectivity index (χ1) is 13.1. The van der Waals surface area contributed by atoms with Crippen molar-refractivity contribution in [1.82, 2.24) is 9.97 Å². The van der Waals surface area contributed by atoms with Gasteiger partial charge in [-0.25, -0.2) is 9.97 Å². The Morgan fingerprint density at radius 3 is 2.41 bits per heavy atom. The van der Waals surface area contributed by atoms with Crippen LogP contribution in [-0.2, 0) is 0 Å². The number of carbonyl (C=O) groups is 1. The van der Waals surface area contributed by atoms with Gasteiger partial charge in [0.2, 0.25) is 5.75 Å². The van der Waals surface area contributed by atoms with Gasteiger partial charge in [-0.2, -0.15) is 0 Å². The smallest absolute Gasteiger partial charge is 0.275 e. The number of benzene rings is 1. The molecule has 0 fully saturated rings. The molecule has 0 atom stereocenters. The van der Waals surface area contributed by atoms with Gasteiger partial charge in [-0.05, 0) is 12.1 Å². The van der Waals surface area contributed by atoms with Crippen LogP contribution in [-0.4, -0.2) is 37.2 Å². The van der Waals surface area contributed by atoms with Gasteiger partial charge in [-0.1, -0.05) is 6.07 Å². The van der Waals surface area contributed by atoms with Crippen molar-refractivity contribution in [3.05, 3.63) is 47.6 Å². The molecule has 9 heteroatoms. The quantitative estimate of drug-likeness (QED) is 0.641. The molecule has 3 aromatic rings. The summed E-state index contributed by atoms with van der Waals surface area (Å²) in [5, 5.41) is 8.07. The second kappa shape index (κ2) is 8.37. The van der Waals surface area contributed by atoms with E-state index in [0.717, 1.165) is 0 Å². The van der Waals surface area contributed by atoms with Crippen LogP contribution >= 0.6 is 11.3 Å². The van der Waals surface area contributed by atoms with Gasteiger partial charge in [0.25, 0.3) is 5.91 Å². The molecule has 0 aliphatic carbocycles. The molecule has 140 valence electrons. The first kappa shape index (κ1) is 18.5. The number of rotatable bonds is 7. The van der Waals surface area contributed by atoms with Crippen molar-refractivity contribution in [3.8, 4) is 17.2 Å². The summed E-state index contributed by atoms with van der Waals surface area (Å²) in [7, 11) is 4.54. The van der Waals surface area contributed by atoms with E-state index < -0.39 is 0 Å². The van der Waals surface area contributed by atoms with E-state index in [1.165, 1.54) is 32.7 Å². The summed E-state index contributed by atoms with van der Waals surface area (Å²) in [5.74, 6) is 1.65. The fourth-order valence-electron chi connectivity index (χ4n) is 2.33. The molecule has 1 amide bonds. The first-order valence-corrected chi connectivity index (χ1v) is 8.77. The number of anilines is 3. The molecule has 8 nitrogen and oxygen atoms in total. The summed E-state index contributed by atoms with van der Waals surface area (Å²) in [4.78, 5) is 21.0. The Balaban J connectivity index is 1.76. The van der Waals surface area contributed by atoms with Crippen LogP contribution in [0.4, 0.5) is 16.6 Å². The molecule has 0 radical (unpaired) electrons. The standard InChI is InChI=1S/C18H18N4O4S/c1-24-13-8-11(9-14(25-2)16(13)26-3)20-17(23)12-10-27-18(21-12)22-15-6-4-5-7-19-15/h4-10H,1-3H3,(H,20,23)(H,19,21,22). The van der Waals surface area contributed by atoms with Crippen molar-refractivity contribution >= 4 is 33.9 Å². The Morgan fingerprint density at radius 1 is 1.07 bits per heavy atom. The van der Waals surface area contributed by atoms with Crippen molar-refractivity contribution in [2.75, 3.05) is 32.0 Å². The lowest BCUT2D eigenvalue weighted by molar-refractivity contribution is 0.102. The molecule has 0 bridgehead atoms. The van der Waals surface area contributed by atoms with Gasteiger partial charge in [0.1, 0.15) is 11.5 Å². The molecule has 0 aliphatic rings.